The molecule has 3 aromatic rings. The Labute approximate surface area is 155 Å². The summed E-state index contributed by atoms with van der Waals surface area (Å²) in [5.41, 5.74) is 10.2. The Morgan fingerprint density at radius 3 is 2.85 bits per heavy atom. The van der Waals surface area contributed by atoms with Crippen molar-refractivity contribution in [1.29, 1.82) is 0 Å². The number of imidazole rings is 1. The standard InChI is InChI=1S/C15H17N9O2S/c1-9-19-10(8-11(16)20-9)14-15(21-12-4-3-6-17-23(12)14)22-13-5-7-18-24(13)27(2,25)26/h3-8,13,18,22H,1-2H3,(H2,16,19,20). The molecule has 11 nitrogen and oxygen atoms in total. The SMILES string of the molecule is Cc1nc(N)cc(-c2c(NC3C=CNN3S(C)(=O)=O)nc3cccnn23)n1. The van der Waals surface area contributed by atoms with Crippen LogP contribution in [0.4, 0.5) is 11.6 Å². The highest BCUT2D eigenvalue weighted by Crippen LogP contribution is 2.29. The van der Waals surface area contributed by atoms with Crippen molar-refractivity contribution in [3.63, 3.8) is 0 Å². The van der Waals surface area contributed by atoms with Crippen LogP contribution in [0.2, 0.25) is 0 Å². The predicted octanol–water partition coefficient (Wildman–Crippen LogP) is 0.108. The summed E-state index contributed by atoms with van der Waals surface area (Å²) >= 11 is 0. The van der Waals surface area contributed by atoms with Crippen LogP contribution in [-0.2, 0) is 10.0 Å². The van der Waals surface area contributed by atoms with E-state index in [1.165, 1.54) is 0 Å². The van der Waals surface area contributed by atoms with E-state index in [1.54, 1.807) is 48.1 Å². The number of nitrogen functional groups attached to an aromatic ring is 1. The molecule has 0 radical (unpaired) electrons. The molecular formula is C15H17N9O2S. The third-order valence-corrected chi connectivity index (χ3v) is 4.92. The molecule has 0 bridgehead atoms. The lowest BCUT2D eigenvalue weighted by molar-refractivity contribution is 0.362. The van der Waals surface area contributed by atoms with Crippen LogP contribution < -0.4 is 16.5 Å². The molecule has 12 heteroatoms. The average molecular weight is 387 g/mol. The van der Waals surface area contributed by atoms with Crippen LogP contribution in [0.1, 0.15) is 5.82 Å². The van der Waals surface area contributed by atoms with Crippen LogP contribution in [0.5, 0.6) is 0 Å². The number of nitrogens with two attached hydrogens (primary N) is 1. The molecule has 4 rings (SSSR count). The second kappa shape index (κ2) is 6.17. The number of aryl methyl sites for hydroxylation is 1. The van der Waals surface area contributed by atoms with E-state index in [0.717, 1.165) is 10.7 Å². The molecule has 1 atom stereocenters. The molecule has 1 aliphatic rings. The molecule has 1 unspecified atom stereocenters. The first-order valence-corrected chi connectivity index (χ1v) is 9.82. The number of fused-ring (bicyclic) bond motifs is 1. The van der Waals surface area contributed by atoms with Gasteiger partial charge >= 0.3 is 0 Å². The molecule has 4 N–H and O–H groups in total. The van der Waals surface area contributed by atoms with Gasteiger partial charge in [0.2, 0.25) is 10.0 Å². The Kier molecular flexibility index (Phi) is 3.93. The molecule has 0 aromatic carbocycles. The smallest absolute Gasteiger partial charge is 0.230 e. The molecular weight excluding hydrogens is 370 g/mol. The third-order valence-electron chi connectivity index (χ3n) is 3.87. The topological polar surface area (TPSA) is 143 Å². The lowest BCUT2D eigenvalue weighted by Crippen LogP contribution is -2.45. The Balaban J connectivity index is 1.85. The summed E-state index contributed by atoms with van der Waals surface area (Å²) < 4.78 is 26.6. The van der Waals surface area contributed by atoms with Crippen molar-refractivity contribution in [2.24, 2.45) is 0 Å². The quantitative estimate of drug-likeness (QED) is 0.568. The molecule has 3 aromatic heterocycles. The molecule has 27 heavy (non-hydrogen) atoms. The zero-order chi connectivity index (χ0) is 19.2. The fourth-order valence-electron chi connectivity index (χ4n) is 2.85. The van der Waals surface area contributed by atoms with Crippen molar-refractivity contribution in [2.75, 3.05) is 17.3 Å². The summed E-state index contributed by atoms with van der Waals surface area (Å²) in [6.45, 7) is 1.73. The van der Waals surface area contributed by atoms with Gasteiger partial charge in [-0.15, -0.1) is 0 Å². The number of hydrogen-bond donors (Lipinski definition) is 3. The molecule has 0 aliphatic carbocycles. The lowest BCUT2D eigenvalue weighted by Gasteiger charge is -2.22. The van der Waals surface area contributed by atoms with E-state index in [1.807, 2.05) is 0 Å². The van der Waals surface area contributed by atoms with Gasteiger partial charge in [0.25, 0.3) is 0 Å². The summed E-state index contributed by atoms with van der Waals surface area (Å²) in [7, 11) is -3.49. The predicted molar refractivity (Wildman–Crippen MR) is 99.5 cm³/mol. The Bertz CT molecular complexity index is 1140. The van der Waals surface area contributed by atoms with Crippen LogP contribution >= 0.6 is 0 Å². The maximum atomic E-state index is 12.0. The zero-order valence-electron chi connectivity index (χ0n) is 14.5. The summed E-state index contributed by atoms with van der Waals surface area (Å²) in [6, 6.07) is 5.17. The Morgan fingerprint density at radius 1 is 1.30 bits per heavy atom. The maximum Gasteiger partial charge on any atom is 0.230 e. The number of nitrogens with one attached hydrogen (secondary N) is 2. The van der Waals surface area contributed by atoms with E-state index >= 15 is 0 Å². The minimum absolute atomic E-state index is 0.314. The third kappa shape index (κ3) is 3.15. The monoisotopic (exact) mass is 387 g/mol. The number of nitrogens with zero attached hydrogens (tertiary/aromatic N) is 6. The van der Waals surface area contributed by atoms with Gasteiger partial charge in [-0.05, 0) is 25.1 Å². The van der Waals surface area contributed by atoms with E-state index in [2.05, 4.69) is 30.8 Å². The van der Waals surface area contributed by atoms with Crippen molar-refractivity contribution < 1.29 is 8.42 Å². The van der Waals surface area contributed by atoms with E-state index in [9.17, 15) is 8.42 Å². The van der Waals surface area contributed by atoms with Crippen LogP contribution in [0.3, 0.4) is 0 Å². The maximum absolute atomic E-state index is 12.0. The highest BCUT2D eigenvalue weighted by atomic mass is 32.2. The summed E-state index contributed by atoms with van der Waals surface area (Å²) in [6.07, 6.45) is 5.28. The number of sulfonamides is 1. The second-order valence-corrected chi connectivity index (χ2v) is 7.82. The highest BCUT2D eigenvalue weighted by molar-refractivity contribution is 7.88. The normalized spacial score (nSPS) is 17.3. The van der Waals surface area contributed by atoms with Crippen molar-refractivity contribution in [1.82, 2.24) is 34.4 Å². The summed E-state index contributed by atoms with van der Waals surface area (Å²) in [5.74, 6) is 1.23. The first-order valence-electron chi connectivity index (χ1n) is 7.97. The number of anilines is 2. The van der Waals surface area contributed by atoms with E-state index in [4.69, 9.17) is 5.73 Å². The molecule has 4 heterocycles. The highest BCUT2D eigenvalue weighted by Gasteiger charge is 2.30. The molecule has 0 spiro atoms. The van der Waals surface area contributed by atoms with Gasteiger partial charge in [-0.2, -0.15) is 5.10 Å². The molecule has 0 fully saturated rings. The van der Waals surface area contributed by atoms with Crippen molar-refractivity contribution in [2.45, 2.75) is 13.1 Å². The summed E-state index contributed by atoms with van der Waals surface area (Å²) in [4.78, 5) is 13.1. The number of hydrazine groups is 1. The molecule has 140 valence electrons. The number of rotatable bonds is 4. The van der Waals surface area contributed by atoms with Crippen molar-refractivity contribution in [3.8, 4) is 11.4 Å². The molecule has 1 aliphatic heterocycles. The summed E-state index contributed by atoms with van der Waals surface area (Å²) in [5, 5.41) is 7.44. The molecule has 0 amide bonds. The first-order chi connectivity index (χ1) is 12.8. The van der Waals surface area contributed by atoms with E-state index < -0.39 is 16.2 Å². The fraction of sp³-hybridized carbons (Fsp3) is 0.200. The van der Waals surface area contributed by atoms with E-state index in [0.29, 0.717) is 34.5 Å². The Hall–Kier alpha value is -3.25. The lowest BCUT2D eigenvalue weighted by atomic mass is 10.2. The van der Waals surface area contributed by atoms with Gasteiger partial charge in [-0.25, -0.2) is 27.9 Å². The number of aromatic nitrogens is 5. The van der Waals surface area contributed by atoms with Gasteiger partial charge in [0, 0.05) is 18.5 Å². The fourth-order valence-corrected chi connectivity index (χ4v) is 3.63. The van der Waals surface area contributed by atoms with Gasteiger partial charge < -0.3 is 16.5 Å². The van der Waals surface area contributed by atoms with Gasteiger partial charge in [-0.3, -0.25) is 0 Å². The number of hydrogen-bond acceptors (Lipinski definition) is 9. The second-order valence-electron chi connectivity index (χ2n) is 5.96. The average Bonchev–Trinajstić information content (AvgIpc) is 3.17. The van der Waals surface area contributed by atoms with Crippen molar-refractivity contribution >= 4 is 27.3 Å². The van der Waals surface area contributed by atoms with Gasteiger partial charge in [0.05, 0.1) is 11.9 Å². The van der Waals surface area contributed by atoms with Crippen LogP contribution in [0.25, 0.3) is 17.0 Å². The van der Waals surface area contributed by atoms with Gasteiger partial charge in [0.1, 0.15) is 23.5 Å². The Morgan fingerprint density at radius 2 is 2.11 bits per heavy atom. The van der Waals surface area contributed by atoms with Crippen LogP contribution in [0, 0.1) is 6.92 Å². The molecule has 0 saturated carbocycles. The van der Waals surface area contributed by atoms with Crippen LogP contribution in [0.15, 0.2) is 36.7 Å². The van der Waals surface area contributed by atoms with Crippen molar-refractivity contribution in [3.05, 3.63) is 42.5 Å². The minimum Gasteiger partial charge on any atom is -0.384 e. The first kappa shape index (κ1) is 17.2. The zero-order valence-corrected chi connectivity index (χ0v) is 15.3. The molecule has 0 saturated heterocycles. The van der Waals surface area contributed by atoms with Crippen LogP contribution in [-0.4, -0.2) is 49.8 Å². The minimum atomic E-state index is -3.49. The van der Waals surface area contributed by atoms with E-state index in [-0.39, 0.29) is 0 Å². The van der Waals surface area contributed by atoms with Gasteiger partial charge in [-0.1, -0.05) is 4.41 Å². The largest absolute Gasteiger partial charge is 0.384 e. The van der Waals surface area contributed by atoms with Gasteiger partial charge in [0.15, 0.2) is 11.5 Å².